The van der Waals surface area contributed by atoms with Gasteiger partial charge in [-0.2, -0.15) is 0 Å². The predicted molar refractivity (Wildman–Crippen MR) is 78.3 cm³/mol. The van der Waals surface area contributed by atoms with Gasteiger partial charge in [-0.15, -0.1) is 0 Å². The van der Waals surface area contributed by atoms with Gasteiger partial charge in [0, 0.05) is 6.61 Å². The topological polar surface area (TPSA) is 128 Å². The third-order valence-corrected chi connectivity index (χ3v) is 3.18. The van der Waals surface area contributed by atoms with Crippen molar-refractivity contribution in [3.63, 3.8) is 0 Å². The molecule has 1 unspecified atom stereocenters. The van der Waals surface area contributed by atoms with Crippen LogP contribution in [0.1, 0.15) is 19.8 Å². The van der Waals surface area contributed by atoms with Crippen LogP contribution in [0.4, 0.5) is 0 Å². The highest BCUT2D eigenvalue weighted by atomic mass is 16.5. The summed E-state index contributed by atoms with van der Waals surface area (Å²) < 4.78 is 5.26. The van der Waals surface area contributed by atoms with E-state index in [9.17, 15) is 14.7 Å². The number of aliphatic carboxylic acids is 2. The Balaban J connectivity index is 3.18. The predicted octanol–water partition coefficient (Wildman–Crippen LogP) is 0.350. The molecule has 1 atom stereocenters. The highest BCUT2D eigenvalue weighted by Gasteiger charge is 2.28. The van der Waals surface area contributed by atoms with E-state index in [0.29, 0.717) is 30.0 Å². The van der Waals surface area contributed by atoms with Gasteiger partial charge < -0.3 is 25.4 Å². The van der Waals surface area contributed by atoms with Crippen LogP contribution in [0.2, 0.25) is 0 Å². The summed E-state index contributed by atoms with van der Waals surface area (Å²) in [7, 11) is 1.41. The second-order valence-electron chi connectivity index (χ2n) is 4.76. The minimum atomic E-state index is -1.12. The first-order chi connectivity index (χ1) is 10.4. The molecule has 0 aromatic carbocycles. The third-order valence-electron chi connectivity index (χ3n) is 3.18. The van der Waals surface area contributed by atoms with Gasteiger partial charge in [0.1, 0.15) is 12.2 Å². The molecule has 0 heterocycles. The van der Waals surface area contributed by atoms with E-state index < -0.39 is 18.5 Å². The first kappa shape index (κ1) is 17.7. The number of methoxy groups -OCH3 is 1. The quantitative estimate of drug-likeness (QED) is 0.499. The number of carboxylic acids is 2. The van der Waals surface area contributed by atoms with E-state index in [1.54, 1.807) is 6.92 Å². The normalized spacial score (nSPS) is 21.0. The molecule has 122 valence electrons. The Morgan fingerprint density at radius 2 is 2.09 bits per heavy atom. The van der Waals surface area contributed by atoms with Crippen LogP contribution in [0, 0.1) is 5.92 Å². The zero-order valence-electron chi connectivity index (χ0n) is 12.5. The van der Waals surface area contributed by atoms with Crippen molar-refractivity contribution in [1.29, 1.82) is 0 Å². The lowest BCUT2D eigenvalue weighted by Gasteiger charge is -2.27. The van der Waals surface area contributed by atoms with Crippen LogP contribution in [0.25, 0.3) is 0 Å². The Morgan fingerprint density at radius 3 is 2.55 bits per heavy atom. The van der Waals surface area contributed by atoms with E-state index in [-0.39, 0.29) is 18.2 Å². The average Bonchev–Trinajstić information content (AvgIpc) is 2.49. The number of hydrogen-bond acceptors (Lipinski definition) is 6. The van der Waals surface area contributed by atoms with Gasteiger partial charge in [-0.05, 0) is 25.7 Å². The molecule has 0 aromatic rings. The maximum atomic E-state index is 11.1. The lowest BCUT2D eigenvalue weighted by Crippen LogP contribution is -2.31. The van der Waals surface area contributed by atoms with E-state index in [0.717, 1.165) is 0 Å². The first-order valence-corrected chi connectivity index (χ1v) is 6.73. The van der Waals surface area contributed by atoms with Gasteiger partial charge >= 0.3 is 11.9 Å². The van der Waals surface area contributed by atoms with E-state index in [4.69, 9.17) is 14.9 Å². The van der Waals surface area contributed by atoms with Gasteiger partial charge in [0.05, 0.1) is 18.5 Å². The number of aliphatic hydroxyl groups is 1. The molecular weight excluding hydrogens is 292 g/mol. The molecule has 0 amide bonds. The Kier molecular flexibility index (Phi) is 6.58. The van der Waals surface area contributed by atoms with Crippen LogP contribution in [0.15, 0.2) is 28.2 Å². The number of carbonyl (C=O) groups is 2. The van der Waals surface area contributed by atoms with Gasteiger partial charge in [-0.1, -0.05) is 6.08 Å². The van der Waals surface area contributed by atoms with E-state index >= 15 is 0 Å². The van der Waals surface area contributed by atoms with Crippen molar-refractivity contribution < 1.29 is 29.6 Å². The fraction of sp³-hybridized carbons (Fsp3) is 0.500. The maximum Gasteiger partial charge on any atom is 0.351 e. The molecule has 22 heavy (non-hydrogen) atoms. The SMILES string of the molecule is C/C=C(\NC1=C(OC)C(=NCC(=O)O)CC(CO)C1)C(=O)O. The maximum absolute atomic E-state index is 11.1. The molecule has 0 aromatic heterocycles. The summed E-state index contributed by atoms with van der Waals surface area (Å²) >= 11 is 0. The van der Waals surface area contributed by atoms with Crippen molar-refractivity contribution in [3.8, 4) is 0 Å². The standard InChI is InChI=1S/C14H20N2O6/c1-3-9(14(20)21)16-11-5-8(7-17)4-10(13(11)22-2)15-6-12(18)19/h3,8,16-17H,4-7H2,1-2H3,(H,18,19)(H,20,21)/b9-3-,15-10?. The molecule has 0 saturated heterocycles. The van der Waals surface area contributed by atoms with Crippen molar-refractivity contribution in [2.24, 2.45) is 10.9 Å². The fourth-order valence-electron chi connectivity index (χ4n) is 2.18. The van der Waals surface area contributed by atoms with Crippen molar-refractivity contribution in [1.82, 2.24) is 5.32 Å². The lowest BCUT2D eigenvalue weighted by molar-refractivity contribution is -0.135. The zero-order valence-corrected chi connectivity index (χ0v) is 12.5. The van der Waals surface area contributed by atoms with Crippen molar-refractivity contribution in [3.05, 3.63) is 23.2 Å². The summed E-state index contributed by atoms with van der Waals surface area (Å²) in [6.07, 6.45) is 2.16. The van der Waals surface area contributed by atoms with Crippen LogP contribution in [-0.2, 0) is 14.3 Å². The average molecular weight is 312 g/mol. The van der Waals surface area contributed by atoms with Gasteiger partial charge in [0.15, 0.2) is 5.76 Å². The van der Waals surface area contributed by atoms with Crippen molar-refractivity contribution in [2.75, 3.05) is 20.3 Å². The van der Waals surface area contributed by atoms with E-state index in [1.165, 1.54) is 13.2 Å². The Hall–Kier alpha value is -2.35. The number of ether oxygens (including phenoxy) is 1. The summed E-state index contributed by atoms with van der Waals surface area (Å²) in [5.41, 5.74) is 0.840. The van der Waals surface area contributed by atoms with Crippen LogP contribution >= 0.6 is 0 Å². The highest BCUT2D eigenvalue weighted by Crippen LogP contribution is 2.27. The molecule has 0 aliphatic heterocycles. The number of aliphatic hydroxyl groups excluding tert-OH is 1. The fourth-order valence-corrected chi connectivity index (χ4v) is 2.18. The molecule has 8 nitrogen and oxygen atoms in total. The second kappa shape index (κ2) is 8.18. The smallest absolute Gasteiger partial charge is 0.351 e. The minimum absolute atomic E-state index is 0.0271. The largest absolute Gasteiger partial charge is 0.493 e. The van der Waals surface area contributed by atoms with Crippen molar-refractivity contribution in [2.45, 2.75) is 19.8 Å². The van der Waals surface area contributed by atoms with Crippen LogP contribution in [0.5, 0.6) is 0 Å². The molecule has 0 saturated carbocycles. The summed E-state index contributed by atoms with van der Waals surface area (Å²) in [6, 6.07) is 0. The Morgan fingerprint density at radius 1 is 1.41 bits per heavy atom. The molecule has 0 spiro atoms. The number of rotatable bonds is 7. The summed E-state index contributed by atoms with van der Waals surface area (Å²) in [4.78, 5) is 25.7. The third kappa shape index (κ3) is 4.59. The lowest BCUT2D eigenvalue weighted by atomic mass is 9.89. The number of allylic oxidation sites excluding steroid dienone is 3. The molecule has 0 radical (unpaired) electrons. The monoisotopic (exact) mass is 312 g/mol. The number of hydrogen-bond donors (Lipinski definition) is 4. The number of aliphatic imine (C=N–C) groups is 1. The first-order valence-electron chi connectivity index (χ1n) is 6.73. The van der Waals surface area contributed by atoms with Gasteiger partial charge in [0.25, 0.3) is 0 Å². The zero-order chi connectivity index (χ0) is 16.7. The molecule has 0 bridgehead atoms. The van der Waals surface area contributed by atoms with Crippen LogP contribution in [0.3, 0.4) is 0 Å². The molecule has 0 fully saturated rings. The summed E-state index contributed by atoms with van der Waals surface area (Å²) in [5.74, 6) is -2.06. The van der Waals surface area contributed by atoms with E-state index in [1.807, 2.05) is 0 Å². The molecule has 8 heteroatoms. The summed E-state index contributed by atoms with van der Waals surface area (Å²) in [5, 5.41) is 29.9. The van der Waals surface area contributed by atoms with Crippen LogP contribution in [-0.4, -0.2) is 53.2 Å². The highest BCUT2D eigenvalue weighted by molar-refractivity contribution is 6.01. The second-order valence-corrected chi connectivity index (χ2v) is 4.76. The van der Waals surface area contributed by atoms with Crippen molar-refractivity contribution >= 4 is 17.7 Å². The molecular formula is C14H20N2O6. The molecule has 1 aliphatic rings. The number of carboxylic acid groups (broad SMARTS) is 2. The Labute approximate surface area is 127 Å². The molecule has 1 aliphatic carbocycles. The van der Waals surface area contributed by atoms with Gasteiger partial charge in [-0.3, -0.25) is 9.79 Å². The molecule has 4 N–H and O–H groups in total. The van der Waals surface area contributed by atoms with E-state index in [2.05, 4.69) is 10.3 Å². The minimum Gasteiger partial charge on any atom is -0.493 e. The van der Waals surface area contributed by atoms with Gasteiger partial charge in [0.2, 0.25) is 0 Å². The molecule has 1 rings (SSSR count). The Bertz CT molecular complexity index is 535. The summed E-state index contributed by atoms with van der Waals surface area (Å²) in [6.45, 7) is 1.05. The van der Waals surface area contributed by atoms with Gasteiger partial charge in [-0.25, -0.2) is 4.79 Å². The number of nitrogens with one attached hydrogen (secondary N) is 1. The number of nitrogens with zero attached hydrogens (tertiary/aromatic N) is 1. The van der Waals surface area contributed by atoms with Crippen LogP contribution < -0.4 is 5.32 Å².